The van der Waals surface area contributed by atoms with Crippen molar-refractivity contribution in [3.63, 3.8) is 0 Å². The first-order valence-electron chi connectivity index (χ1n) is 6.60. The van der Waals surface area contributed by atoms with Crippen molar-refractivity contribution in [1.29, 1.82) is 0 Å². The highest BCUT2D eigenvalue weighted by molar-refractivity contribution is 5.96. The first kappa shape index (κ1) is 15.1. The van der Waals surface area contributed by atoms with Crippen LogP contribution >= 0.6 is 0 Å². The molecule has 0 amide bonds. The highest BCUT2D eigenvalue weighted by atomic mass is 19.1. The summed E-state index contributed by atoms with van der Waals surface area (Å²) in [5.41, 5.74) is 0.648. The first-order valence-corrected chi connectivity index (χ1v) is 6.60. The molecule has 1 atom stereocenters. The van der Waals surface area contributed by atoms with Crippen LogP contribution in [0.5, 0.6) is 0 Å². The van der Waals surface area contributed by atoms with Gasteiger partial charge in [-0.1, -0.05) is 19.1 Å². The van der Waals surface area contributed by atoms with E-state index in [4.69, 9.17) is 0 Å². The zero-order valence-corrected chi connectivity index (χ0v) is 11.9. The van der Waals surface area contributed by atoms with Gasteiger partial charge in [-0.25, -0.2) is 8.78 Å². The number of halogens is 2. The monoisotopic (exact) mass is 290 g/mol. The summed E-state index contributed by atoms with van der Waals surface area (Å²) in [7, 11) is 1.72. The van der Waals surface area contributed by atoms with Gasteiger partial charge in [-0.05, 0) is 24.3 Å². The molecule has 1 heterocycles. The van der Waals surface area contributed by atoms with Crippen LogP contribution in [0.2, 0.25) is 0 Å². The molecule has 110 valence electrons. The Morgan fingerprint density at radius 2 is 1.95 bits per heavy atom. The van der Waals surface area contributed by atoms with Crippen molar-refractivity contribution >= 4 is 11.5 Å². The van der Waals surface area contributed by atoms with E-state index < -0.39 is 5.82 Å². The van der Waals surface area contributed by atoms with Crippen LogP contribution in [0, 0.1) is 17.6 Å². The van der Waals surface area contributed by atoms with E-state index in [1.807, 2.05) is 0 Å². The quantitative estimate of drug-likeness (QED) is 0.792. The molecule has 0 spiro atoms. The molecule has 0 bridgehead atoms. The van der Waals surface area contributed by atoms with Crippen molar-refractivity contribution in [2.45, 2.75) is 6.92 Å². The average molecular weight is 290 g/mol. The second kappa shape index (κ2) is 6.43. The number of hydrogen-bond acceptors (Lipinski definition) is 3. The molecule has 0 aliphatic carbocycles. The van der Waals surface area contributed by atoms with Crippen LogP contribution in [0.1, 0.15) is 17.4 Å². The molecule has 1 aromatic carbocycles. The van der Waals surface area contributed by atoms with Crippen molar-refractivity contribution in [3.05, 3.63) is 59.9 Å². The van der Waals surface area contributed by atoms with E-state index in [0.29, 0.717) is 12.2 Å². The minimum Gasteiger partial charge on any atom is -0.372 e. The number of carbonyl (C=O) groups is 1. The van der Waals surface area contributed by atoms with Gasteiger partial charge < -0.3 is 4.90 Å². The molecule has 0 N–H and O–H groups in total. The highest BCUT2D eigenvalue weighted by Crippen LogP contribution is 2.19. The Balaban J connectivity index is 2.07. The molecule has 2 aromatic rings. The molecule has 0 aliphatic rings. The van der Waals surface area contributed by atoms with Crippen LogP contribution in [0.25, 0.3) is 0 Å². The number of aromatic nitrogens is 1. The number of anilines is 1. The van der Waals surface area contributed by atoms with E-state index in [0.717, 1.165) is 6.20 Å². The van der Waals surface area contributed by atoms with Gasteiger partial charge in [-0.15, -0.1) is 0 Å². The van der Waals surface area contributed by atoms with Gasteiger partial charge >= 0.3 is 0 Å². The van der Waals surface area contributed by atoms with Crippen LogP contribution in [0.3, 0.4) is 0 Å². The average Bonchev–Trinajstić information content (AvgIpc) is 2.47. The minimum absolute atomic E-state index is 0.196. The van der Waals surface area contributed by atoms with Crippen molar-refractivity contribution in [2.24, 2.45) is 5.92 Å². The normalized spacial score (nSPS) is 12.0. The Bertz CT molecular complexity index is 628. The van der Waals surface area contributed by atoms with E-state index in [1.165, 1.54) is 18.2 Å². The van der Waals surface area contributed by atoms with Gasteiger partial charge in [-0.2, -0.15) is 0 Å². The number of ketones is 1. The fraction of sp³-hybridized carbons (Fsp3) is 0.250. The maximum Gasteiger partial charge on any atom is 0.185 e. The predicted octanol–water partition coefficient (Wildman–Crippen LogP) is 3.32. The maximum atomic E-state index is 13.7. The molecule has 5 heteroatoms. The molecule has 0 saturated carbocycles. The Hall–Kier alpha value is -2.30. The van der Waals surface area contributed by atoms with Gasteiger partial charge in [0, 0.05) is 19.5 Å². The third kappa shape index (κ3) is 3.62. The van der Waals surface area contributed by atoms with Crippen molar-refractivity contribution in [2.75, 3.05) is 18.5 Å². The Kier molecular flexibility index (Phi) is 4.62. The zero-order chi connectivity index (χ0) is 15.4. The third-order valence-corrected chi connectivity index (χ3v) is 3.24. The summed E-state index contributed by atoms with van der Waals surface area (Å²) in [5, 5.41) is 0. The van der Waals surface area contributed by atoms with Gasteiger partial charge in [-0.3, -0.25) is 9.78 Å². The molecule has 0 saturated heterocycles. The zero-order valence-electron chi connectivity index (χ0n) is 11.9. The number of hydrogen-bond donors (Lipinski definition) is 0. The smallest absolute Gasteiger partial charge is 0.185 e. The largest absolute Gasteiger partial charge is 0.372 e. The summed E-state index contributed by atoms with van der Waals surface area (Å²) >= 11 is 0. The highest BCUT2D eigenvalue weighted by Gasteiger charge is 2.19. The fourth-order valence-electron chi connectivity index (χ4n) is 2.13. The Morgan fingerprint density at radius 3 is 2.57 bits per heavy atom. The molecule has 3 nitrogen and oxygen atoms in total. The molecule has 0 fully saturated rings. The van der Waals surface area contributed by atoms with Gasteiger partial charge in [0.2, 0.25) is 0 Å². The van der Waals surface area contributed by atoms with E-state index in [2.05, 4.69) is 4.98 Å². The lowest BCUT2D eigenvalue weighted by Crippen LogP contribution is -2.29. The van der Waals surface area contributed by atoms with Gasteiger partial charge in [0.25, 0.3) is 0 Å². The summed E-state index contributed by atoms with van der Waals surface area (Å²) in [5.74, 6) is -1.40. The first-order chi connectivity index (χ1) is 9.99. The molecule has 1 unspecified atom stereocenters. The van der Waals surface area contributed by atoms with Crippen LogP contribution in [0.4, 0.5) is 14.5 Å². The molecule has 0 radical (unpaired) electrons. The summed E-state index contributed by atoms with van der Waals surface area (Å²) < 4.78 is 26.5. The molecule has 0 aliphatic heterocycles. The molecule has 2 rings (SSSR count). The topological polar surface area (TPSA) is 33.2 Å². The van der Waals surface area contributed by atoms with Gasteiger partial charge in [0.05, 0.1) is 11.9 Å². The molecule has 21 heavy (non-hydrogen) atoms. The van der Waals surface area contributed by atoms with E-state index in [1.54, 1.807) is 37.1 Å². The van der Waals surface area contributed by atoms with Gasteiger partial charge in [0.15, 0.2) is 5.78 Å². The fourth-order valence-corrected chi connectivity index (χ4v) is 2.13. The second-order valence-corrected chi connectivity index (χ2v) is 4.96. The maximum absolute atomic E-state index is 13.7. The number of rotatable bonds is 5. The van der Waals surface area contributed by atoms with E-state index in [-0.39, 0.29) is 23.2 Å². The minimum atomic E-state index is -0.484. The molecular weight excluding hydrogens is 274 g/mol. The number of Topliss-reactive ketones (excluding diaryl/α,β-unsaturated/α-hetero) is 1. The Labute approximate surface area is 122 Å². The number of nitrogens with zero attached hydrogens (tertiary/aromatic N) is 2. The number of benzene rings is 1. The van der Waals surface area contributed by atoms with Crippen molar-refractivity contribution < 1.29 is 13.6 Å². The summed E-state index contributed by atoms with van der Waals surface area (Å²) in [4.78, 5) is 17.7. The number of para-hydroxylation sites is 1. The lowest BCUT2D eigenvalue weighted by molar-refractivity contribution is 0.0928. The number of carbonyl (C=O) groups excluding carboxylic acids is 1. The van der Waals surface area contributed by atoms with Crippen LogP contribution in [-0.2, 0) is 0 Å². The summed E-state index contributed by atoms with van der Waals surface area (Å²) in [6, 6.07) is 8.94. The molecular formula is C16H16F2N2O. The summed E-state index contributed by atoms with van der Waals surface area (Å²) in [6.07, 6.45) is 1.01. The van der Waals surface area contributed by atoms with Crippen LogP contribution in [-0.4, -0.2) is 24.4 Å². The van der Waals surface area contributed by atoms with E-state index in [9.17, 15) is 13.6 Å². The SMILES string of the molecule is CC(CN(C)c1ccccc1F)C(=O)c1ccc(F)cn1. The van der Waals surface area contributed by atoms with Crippen molar-refractivity contribution in [3.8, 4) is 0 Å². The lowest BCUT2D eigenvalue weighted by Gasteiger charge is -2.23. The number of pyridine rings is 1. The Morgan fingerprint density at radius 1 is 1.24 bits per heavy atom. The van der Waals surface area contributed by atoms with Crippen LogP contribution < -0.4 is 4.90 Å². The predicted molar refractivity (Wildman–Crippen MR) is 77.4 cm³/mol. The third-order valence-electron chi connectivity index (χ3n) is 3.24. The summed E-state index contributed by atoms with van der Waals surface area (Å²) in [6.45, 7) is 2.09. The second-order valence-electron chi connectivity index (χ2n) is 4.96. The van der Waals surface area contributed by atoms with Gasteiger partial charge in [0.1, 0.15) is 17.3 Å². The van der Waals surface area contributed by atoms with E-state index >= 15 is 0 Å². The molecule has 1 aromatic heterocycles. The van der Waals surface area contributed by atoms with Crippen molar-refractivity contribution in [1.82, 2.24) is 4.98 Å². The standard InChI is InChI=1S/C16H16F2N2O/c1-11(16(21)14-8-7-12(17)9-19-14)10-20(2)15-6-4-3-5-13(15)18/h3-9,11H,10H2,1-2H3. The van der Waals surface area contributed by atoms with Crippen LogP contribution in [0.15, 0.2) is 42.6 Å². The lowest BCUT2D eigenvalue weighted by atomic mass is 10.0.